The fourth-order valence-corrected chi connectivity index (χ4v) is 5.22. The molecular weight excluding hydrogens is 344 g/mol. The van der Waals surface area contributed by atoms with E-state index in [1.165, 1.54) is 11.3 Å². The lowest BCUT2D eigenvalue weighted by molar-refractivity contribution is 0.203. The number of rotatable bonds is 7. The van der Waals surface area contributed by atoms with Crippen LogP contribution in [0.4, 0.5) is 4.79 Å². The quantitative estimate of drug-likeness (QED) is 0.817. The van der Waals surface area contributed by atoms with Crippen molar-refractivity contribution in [2.24, 2.45) is 0 Å². The minimum absolute atomic E-state index is 0.0487. The molecule has 0 saturated heterocycles. The highest BCUT2D eigenvalue weighted by atomic mass is 32.2. The zero-order valence-electron chi connectivity index (χ0n) is 13.8. The first-order valence-electron chi connectivity index (χ1n) is 7.85. The van der Waals surface area contributed by atoms with E-state index < -0.39 is 15.1 Å². The second kappa shape index (κ2) is 8.30. The van der Waals surface area contributed by atoms with Gasteiger partial charge < -0.3 is 10.2 Å². The van der Waals surface area contributed by atoms with E-state index in [1.54, 1.807) is 41.3 Å². The summed E-state index contributed by atoms with van der Waals surface area (Å²) in [4.78, 5) is 14.8. The molecule has 1 aromatic heterocycles. The monoisotopic (exact) mass is 366 g/mol. The van der Waals surface area contributed by atoms with Gasteiger partial charge >= 0.3 is 6.03 Å². The maximum Gasteiger partial charge on any atom is 0.317 e. The number of carbonyl (C=O) groups excluding carboxylic acids is 1. The Bertz CT molecular complexity index is 739. The lowest BCUT2D eigenvalue weighted by atomic mass is 10.3. The van der Waals surface area contributed by atoms with E-state index >= 15 is 0 Å². The van der Waals surface area contributed by atoms with E-state index in [0.717, 1.165) is 4.88 Å². The number of urea groups is 1. The molecule has 7 heteroatoms. The summed E-state index contributed by atoms with van der Waals surface area (Å²) < 4.78 is 26.0. The van der Waals surface area contributed by atoms with Crippen molar-refractivity contribution in [1.29, 1.82) is 0 Å². The molecule has 1 unspecified atom stereocenters. The van der Waals surface area contributed by atoms with Crippen molar-refractivity contribution in [1.82, 2.24) is 10.2 Å². The third kappa shape index (κ3) is 4.15. The molecule has 0 saturated carbocycles. The summed E-state index contributed by atoms with van der Waals surface area (Å²) in [7, 11) is -3.58. The molecule has 5 nitrogen and oxygen atoms in total. The van der Waals surface area contributed by atoms with Gasteiger partial charge in [-0.3, -0.25) is 0 Å². The summed E-state index contributed by atoms with van der Waals surface area (Å²) in [6.45, 7) is 4.99. The Balaban J connectivity index is 2.26. The maximum atomic E-state index is 13.0. The molecule has 1 aromatic carbocycles. The van der Waals surface area contributed by atoms with Crippen LogP contribution >= 0.6 is 11.3 Å². The molecule has 1 atom stereocenters. The second-order valence-electron chi connectivity index (χ2n) is 5.22. The standard InChI is InChI=1S/C17H22N2O3S2/c1-3-19(4-2)17(20)18-13-16(15-11-8-12-23-15)24(21,22)14-9-6-5-7-10-14/h5-12,16H,3-4,13H2,1-2H3,(H,18,20). The minimum Gasteiger partial charge on any atom is -0.336 e. The van der Waals surface area contributed by atoms with Gasteiger partial charge in [0.2, 0.25) is 0 Å². The molecular formula is C17H22N2O3S2. The van der Waals surface area contributed by atoms with Gasteiger partial charge in [0, 0.05) is 24.5 Å². The lowest BCUT2D eigenvalue weighted by Gasteiger charge is -2.22. The summed E-state index contributed by atoms with van der Waals surface area (Å²) in [6, 6.07) is 11.7. The molecule has 24 heavy (non-hydrogen) atoms. The van der Waals surface area contributed by atoms with Gasteiger partial charge in [-0.1, -0.05) is 24.3 Å². The molecule has 0 fully saturated rings. The van der Waals surface area contributed by atoms with E-state index in [1.807, 2.05) is 25.3 Å². The van der Waals surface area contributed by atoms with E-state index in [-0.39, 0.29) is 17.5 Å². The summed E-state index contributed by atoms with van der Waals surface area (Å²) in [6.07, 6.45) is 0. The van der Waals surface area contributed by atoms with Gasteiger partial charge in [-0.2, -0.15) is 0 Å². The van der Waals surface area contributed by atoms with Crippen molar-refractivity contribution in [2.75, 3.05) is 19.6 Å². The number of hydrogen-bond acceptors (Lipinski definition) is 4. The van der Waals surface area contributed by atoms with Crippen molar-refractivity contribution in [3.05, 3.63) is 52.7 Å². The Morgan fingerprint density at radius 3 is 2.33 bits per heavy atom. The fraction of sp³-hybridized carbons (Fsp3) is 0.353. The van der Waals surface area contributed by atoms with Crippen LogP contribution < -0.4 is 5.32 Å². The second-order valence-corrected chi connectivity index (χ2v) is 8.33. The minimum atomic E-state index is -3.58. The molecule has 0 spiro atoms. The van der Waals surface area contributed by atoms with Crippen LogP contribution in [0.2, 0.25) is 0 Å². The van der Waals surface area contributed by atoms with E-state index in [0.29, 0.717) is 13.1 Å². The smallest absolute Gasteiger partial charge is 0.317 e. The average molecular weight is 367 g/mol. The number of thiophene rings is 1. The van der Waals surface area contributed by atoms with Gasteiger partial charge in [-0.25, -0.2) is 13.2 Å². The number of hydrogen-bond donors (Lipinski definition) is 1. The van der Waals surface area contributed by atoms with Gasteiger partial charge in [0.15, 0.2) is 9.84 Å². The van der Waals surface area contributed by atoms with E-state index in [4.69, 9.17) is 0 Å². The number of sulfone groups is 1. The van der Waals surface area contributed by atoms with Gasteiger partial charge in [0.25, 0.3) is 0 Å². The van der Waals surface area contributed by atoms with Crippen LogP contribution in [0.15, 0.2) is 52.7 Å². The first kappa shape index (κ1) is 18.5. The normalized spacial score (nSPS) is 12.6. The molecule has 1 heterocycles. The predicted molar refractivity (Wildman–Crippen MR) is 97.0 cm³/mol. The molecule has 0 radical (unpaired) electrons. The molecule has 2 aromatic rings. The van der Waals surface area contributed by atoms with Crippen molar-refractivity contribution >= 4 is 27.2 Å². The Hall–Kier alpha value is -1.86. The summed E-state index contributed by atoms with van der Waals surface area (Å²) in [5.41, 5.74) is 0. The number of nitrogens with zero attached hydrogens (tertiary/aromatic N) is 1. The zero-order chi connectivity index (χ0) is 17.6. The largest absolute Gasteiger partial charge is 0.336 e. The highest BCUT2D eigenvalue weighted by molar-refractivity contribution is 7.91. The van der Waals surface area contributed by atoms with Crippen molar-refractivity contribution in [3.63, 3.8) is 0 Å². The Morgan fingerprint density at radius 2 is 1.79 bits per heavy atom. The lowest BCUT2D eigenvalue weighted by Crippen LogP contribution is -2.42. The average Bonchev–Trinajstić information content (AvgIpc) is 3.11. The molecule has 0 aliphatic heterocycles. The third-order valence-electron chi connectivity index (χ3n) is 3.80. The molecule has 130 valence electrons. The number of benzene rings is 1. The maximum absolute atomic E-state index is 13.0. The SMILES string of the molecule is CCN(CC)C(=O)NCC(c1cccs1)S(=O)(=O)c1ccccc1. The topological polar surface area (TPSA) is 66.5 Å². The Kier molecular flexibility index (Phi) is 6.39. The summed E-state index contributed by atoms with van der Waals surface area (Å²) >= 11 is 1.38. The molecule has 0 bridgehead atoms. The summed E-state index contributed by atoms with van der Waals surface area (Å²) in [5.74, 6) is 0. The predicted octanol–water partition coefficient (Wildman–Crippen LogP) is 3.31. The van der Waals surface area contributed by atoms with Crippen molar-refractivity contribution in [2.45, 2.75) is 24.0 Å². The zero-order valence-corrected chi connectivity index (χ0v) is 15.4. The number of carbonyl (C=O) groups is 1. The fourth-order valence-electron chi connectivity index (χ4n) is 2.41. The Morgan fingerprint density at radius 1 is 1.12 bits per heavy atom. The van der Waals surface area contributed by atoms with Gasteiger partial charge in [0.05, 0.1) is 4.90 Å². The van der Waals surface area contributed by atoms with Crippen LogP contribution in [0.1, 0.15) is 24.0 Å². The molecule has 0 aliphatic carbocycles. The van der Waals surface area contributed by atoms with Crippen LogP contribution in [0.5, 0.6) is 0 Å². The molecule has 2 amide bonds. The Labute approximate surface area is 147 Å². The first-order chi connectivity index (χ1) is 11.5. The molecule has 1 N–H and O–H groups in total. The summed E-state index contributed by atoms with van der Waals surface area (Å²) in [5, 5.41) is 3.81. The van der Waals surface area contributed by atoms with Crippen LogP contribution in [-0.2, 0) is 9.84 Å². The van der Waals surface area contributed by atoms with Crippen LogP contribution in [0.3, 0.4) is 0 Å². The molecule has 2 rings (SSSR count). The van der Waals surface area contributed by atoms with Gasteiger partial charge in [0.1, 0.15) is 5.25 Å². The van der Waals surface area contributed by atoms with Gasteiger partial charge in [-0.05, 0) is 37.4 Å². The first-order valence-corrected chi connectivity index (χ1v) is 10.3. The highest BCUT2D eigenvalue weighted by Crippen LogP contribution is 2.31. The van der Waals surface area contributed by atoms with Gasteiger partial charge in [-0.15, -0.1) is 11.3 Å². The number of nitrogens with one attached hydrogen (secondary N) is 1. The van der Waals surface area contributed by atoms with Crippen molar-refractivity contribution in [3.8, 4) is 0 Å². The van der Waals surface area contributed by atoms with E-state index in [2.05, 4.69) is 5.32 Å². The van der Waals surface area contributed by atoms with Crippen LogP contribution in [0, 0.1) is 0 Å². The van der Waals surface area contributed by atoms with Crippen LogP contribution in [-0.4, -0.2) is 39.0 Å². The third-order valence-corrected chi connectivity index (χ3v) is 7.03. The number of amides is 2. The highest BCUT2D eigenvalue weighted by Gasteiger charge is 2.30. The molecule has 0 aliphatic rings. The van der Waals surface area contributed by atoms with Crippen LogP contribution in [0.25, 0.3) is 0 Å². The van der Waals surface area contributed by atoms with E-state index in [9.17, 15) is 13.2 Å². The van der Waals surface area contributed by atoms with Crippen molar-refractivity contribution < 1.29 is 13.2 Å².